The molecule has 5 nitrogen and oxygen atoms in total. The Hall–Kier alpha value is -2.70. The molecular weight excluding hydrogens is 380 g/mol. The fourth-order valence-electron chi connectivity index (χ4n) is 4.32. The number of rotatable bonds is 5. The molecule has 29 heavy (non-hydrogen) atoms. The van der Waals surface area contributed by atoms with E-state index in [4.69, 9.17) is 17.0 Å². The van der Waals surface area contributed by atoms with Crippen molar-refractivity contribution in [3.63, 3.8) is 0 Å². The zero-order valence-electron chi connectivity index (χ0n) is 16.1. The van der Waals surface area contributed by atoms with E-state index < -0.39 is 0 Å². The van der Waals surface area contributed by atoms with Crippen LogP contribution in [0.4, 0.5) is 0 Å². The molecular formula is C23H24N4OS. The summed E-state index contributed by atoms with van der Waals surface area (Å²) in [4.78, 5) is 6.90. The highest BCUT2D eigenvalue weighted by Gasteiger charge is 2.41. The maximum absolute atomic E-state index is 5.91. The summed E-state index contributed by atoms with van der Waals surface area (Å²) in [5, 5.41) is 4.29. The minimum absolute atomic E-state index is 0.0109. The summed E-state index contributed by atoms with van der Waals surface area (Å²) in [5.41, 5.74) is 3.37. The fourth-order valence-corrected chi connectivity index (χ4v) is 4.64. The molecule has 1 N–H and O–H groups in total. The fraction of sp³-hybridized carbons (Fsp3) is 0.304. The summed E-state index contributed by atoms with van der Waals surface area (Å²) in [6.45, 7) is 1.65. The first kappa shape index (κ1) is 18.3. The van der Waals surface area contributed by atoms with E-state index >= 15 is 0 Å². The molecule has 0 aliphatic carbocycles. The number of benzene rings is 1. The third-order valence-electron chi connectivity index (χ3n) is 5.73. The molecule has 0 amide bonds. The molecule has 148 valence electrons. The van der Waals surface area contributed by atoms with Crippen molar-refractivity contribution >= 4 is 17.3 Å². The van der Waals surface area contributed by atoms with Gasteiger partial charge in [-0.15, -0.1) is 0 Å². The Morgan fingerprint density at radius 1 is 1.10 bits per heavy atom. The van der Waals surface area contributed by atoms with E-state index in [1.165, 1.54) is 5.56 Å². The lowest BCUT2D eigenvalue weighted by Crippen LogP contribution is -2.36. The van der Waals surface area contributed by atoms with Crippen LogP contribution >= 0.6 is 12.2 Å². The maximum Gasteiger partial charge on any atom is 0.170 e. The van der Waals surface area contributed by atoms with Gasteiger partial charge in [-0.25, -0.2) is 0 Å². The van der Waals surface area contributed by atoms with Crippen molar-refractivity contribution in [2.75, 3.05) is 13.2 Å². The molecule has 0 unspecified atom stereocenters. The number of pyridine rings is 1. The summed E-state index contributed by atoms with van der Waals surface area (Å²) < 4.78 is 8.08. The smallest absolute Gasteiger partial charge is 0.170 e. The van der Waals surface area contributed by atoms with Crippen LogP contribution in [0.5, 0.6) is 0 Å². The van der Waals surface area contributed by atoms with E-state index in [9.17, 15) is 0 Å². The number of hydrogen-bond donors (Lipinski definition) is 1. The number of aromatic nitrogens is 2. The van der Waals surface area contributed by atoms with E-state index in [1.54, 1.807) is 0 Å². The molecule has 2 aliphatic heterocycles. The van der Waals surface area contributed by atoms with E-state index in [0.717, 1.165) is 42.5 Å². The Morgan fingerprint density at radius 3 is 2.72 bits per heavy atom. The average Bonchev–Trinajstić information content (AvgIpc) is 3.51. The molecule has 3 atom stereocenters. The predicted octanol–water partition coefficient (Wildman–Crippen LogP) is 4.02. The Bertz CT molecular complexity index is 969. The van der Waals surface area contributed by atoms with E-state index in [-0.39, 0.29) is 18.2 Å². The lowest BCUT2D eigenvalue weighted by Gasteiger charge is -2.29. The summed E-state index contributed by atoms with van der Waals surface area (Å²) >= 11 is 5.75. The van der Waals surface area contributed by atoms with Crippen LogP contribution in [0.25, 0.3) is 5.69 Å². The van der Waals surface area contributed by atoms with Gasteiger partial charge in [0.1, 0.15) is 0 Å². The van der Waals surface area contributed by atoms with Crippen molar-refractivity contribution in [3.8, 4) is 5.69 Å². The molecule has 2 fully saturated rings. The standard InChI is InChI=1S/C23H24N4OS/c29-23-25-21(20-10-4-5-12-24-20)22(27(23)16-19-9-6-14-28-19)17-11-13-26(15-17)18-7-2-1-3-8-18/h1-5,7-8,10-13,15,19,21-22H,6,9,14,16H2,(H,25,29)/t19-,21-,22+/m0/s1. The van der Waals surface area contributed by atoms with Crippen LogP contribution in [0.2, 0.25) is 0 Å². The average molecular weight is 405 g/mol. The monoisotopic (exact) mass is 404 g/mol. The summed E-state index contributed by atoms with van der Waals surface area (Å²) in [7, 11) is 0. The summed E-state index contributed by atoms with van der Waals surface area (Å²) in [6, 6.07) is 18.7. The largest absolute Gasteiger partial charge is 0.376 e. The molecule has 4 heterocycles. The molecule has 2 aliphatic rings. The maximum atomic E-state index is 5.91. The molecule has 3 aromatic rings. The van der Waals surface area contributed by atoms with Crippen molar-refractivity contribution in [2.45, 2.75) is 31.0 Å². The highest BCUT2D eigenvalue weighted by Crippen LogP contribution is 2.39. The van der Waals surface area contributed by atoms with E-state index in [0.29, 0.717) is 0 Å². The first-order valence-corrected chi connectivity index (χ1v) is 10.5. The number of thiocarbonyl (C=S) groups is 1. The van der Waals surface area contributed by atoms with Gasteiger partial charge >= 0.3 is 0 Å². The van der Waals surface area contributed by atoms with Gasteiger partial charge in [-0.2, -0.15) is 0 Å². The number of ether oxygens (including phenoxy) is 1. The second-order valence-electron chi connectivity index (χ2n) is 7.60. The molecule has 1 aromatic carbocycles. The van der Waals surface area contributed by atoms with Gasteiger partial charge in [-0.3, -0.25) is 4.98 Å². The lowest BCUT2D eigenvalue weighted by molar-refractivity contribution is 0.0842. The molecule has 2 saturated heterocycles. The zero-order chi connectivity index (χ0) is 19.6. The van der Waals surface area contributed by atoms with Crippen molar-refractivity contribution in [2.24, 2.45) is 0 Å². The van der Waals surface area contributed by atoms with E-state index in [1.807, 2.05) is 24.4 Å². The third-order valence-corrected chi connectivity index (χ3v) is 6.09. The van der Waals surface area contributed by atoms with Gasteiger partial charge in [0, 0.05) is 37.4 Å². The van der Waals surface area contributed by atoms with Gasteiger partial charge in [0.25, 0.3) is 0 Å². The van der Waals surface area contributed by atoms with Gasteiger partial charge in [-0.05, 0) is 61.0 Å². The summed E-state index contributed by atoms with van der Waals surface area (Å²) in [5.74, 6) is 0. The number of nitrogens with one attached hydrogen (secondary N) is 1. The molecule has 2 aromatic heterocycles. The van der Waals surface area contributed by atoms with Crippen LogP contribution in [0.3, 0.4) is 0 Å². The molecule has 5 rings (SSSR count). The molecule has 0 bridgehead atoms. The first-order chi connectivity index (χ1) is 14.3. The highest BCUT2D eigenvalue weighted by atomic mass is 32.1. The highest BCUT2D eigenvalue weighted by molar-refractivity contribution is 7.80. The van der Waals surface area contributed by atoms with Crippen molar-refractivity contribution in [1.82, 2.24) is 19.8 Å². The minimum Gasteiger partial charge on any atom is -0.376 e. The second kappa shape index (κ2) is 7.97. The quantitative estimate of drug-likeness (QED) is 0.651. The van der Waals surface area contributed by atoms with Crippen LogP contribution in [0.15, 0.2) is 73.2 Å². The first-order valence-electron chi connectivity index (χ1n) is 10.1. The van der Waals surface area contributed by atoms with Gasteiger partial charge in [-0.1, -0.05) is 24.3 Å². The Kier molecular flexibility index (Phi) is 5.04. The lowest BCUT2D eigenvalue weighted by atomic mass is 9.99. The van der Waals surface area contributed by atoms with Gasteiger partial charge in [0.05, 0.1) is 23.9 Å². The van der Waals surface area contributed by atoms with Gasteiger partial charge in [0.15, 0.2) is 5.11 Å². The predicted molar refractivity (Wildman–Crippen MR) is 117 cm³/mol. The van der Waals surface area contributed by atoms with Crippen LogP contribution in [0.1, 0.15) is 36.2 Å². The Balaban J connectivity index is 1.50. The summed E-state index contributed by atoms with van der Waals surface area (Å²) in [6.07, 6.45) is 8.60. The van der Waals surface area contributed by atoms with Crippen LogP contribution in [-0.2, 0) is 4.74 Å². The van der Waals surface area contributed by atoms with Crippen molar-refractivity contribution in [3.05, 3.63) is 84.4 Å². The van der Waals surface area contributed by atoms with Crippen molar-refractivity contribution < 1.29 is 4.74 Å². The number of hydrogen-bond acceptors (Lipinski definition) is 3. The number of para-hydroxylation sites is 1. The zero-order valence-corrected chi connectivity index (χ0v) is 17.0. The van der Waals surface area contributed by atoms with Gasteiger partial charge in [0.2, 0.25) is 0 Å². The Morgan fingerprint density at radius 2 is 1.97 bits per heavy atom. The molecule has 6 heteroatoms. The van der Waals surface area contributed by atoms with E-state index in [2.05, 4.69) is 68.6 Å². The topological polar surface area (TPSA) is 42.3 Å². The van der Waals surface area contributed by atoms with Gasteiger partial charge < -0.3 is 19.5 Å². The minimum atomic E-state index is 0.0109. The normalized spacial score (nSPS) is 24.1. The van der Waals surface area contributed by atoms with Crippen LogP contribution in [0, 0.1) is 0 Å². The molecule has 0 radical (unpaired) electrons. The van der Waals surface area contributed by atoms with Crippen LogP contribution in [-0.4, -0.2) is 38.8 Å². The molecule has 0 saturated carbocycles. The third kappa shape index (κ3) is 3.66. The van der Waals surface area contributed by atoms with Crippen molar-refractivity contribution in [1.29, 1.82) is 0 Å². The Labute approximate surface area is 176 Å². The number of nitrogens with zero attached hydrogens (tertiary/aromatic N) is 3. The van der Waals surface area contributed by atoms with Crippen LogP contribution < -0.4 is 5.32 Å². The second-order valence-corrected chi connectivity index (χ2v) is 7.99. The SMILES string of the molecule is S=C1N[C@@H](c2ccccn2)[C@@H](c2ccn(-c3ccccc3)c2)N1C[C@@H]1CCCO1. The molecule has 0 spiro atoms.